The summed E-state index contributed by atoms with van der Waals surface area (Å²) in [6.07, 6.45) is 2.40. The summed E-state index contributed by atoms with van der Waals surface area (Å²) in [5, 5.41) is 1.84. The molecule has 23 heavy (non-hydrogen) atoms. The summed E-state index contributed by atoms with van der Waals surface area (Å²) in [6.45, 7) is 4.21. The number of rotatable bonds is 3. The molecule has 2 heterocycles. The highest BCUT2D eigenvalue weighted by molar-refractivity contribution is 7.14. The standard InChI is InChI=1S/C13H15N2O2S.ClHO4/c1-3-17-12(16)11-7-18-13-14-8(2)6-10(15(11)13)9-4-5-9;2-1(3,4)5/h6-7,9H,3-5H2,1-2H3;(H,2,3,4,5)/q+1;/p-1. The lowest BCUT2D eigenvalue weighted by Gasteiger charge is -2.17. The molecule has 0 amide bonds. The first-order valence-corrected chi connectivity index (χ1v) is 8.91. The minimum absolute atomic E-state index is 0.263. The number of halogens is 1. The number of fused-ring (bicyclic) bond motifs is 1. The Morgan fingerprint density at radius 2 is 2.04 bits per heavy atom. The predicted molar refractivity (Wildman–Crippen MR) is 67.9 cm³/mol. The van der Waals surface area contributed by atoms with Gasteiger partial charge in [-0.05, 0) is 36.1 Å². The van der Waals surface area contributed by atoms with Gasteiger partial charge in [-0.15, -0.1) is 10.2 Å². The van der Waals surface area contributed by atoms with Gasteiger partial charge in [0.15, 0.2) is 5.69 Å². The number of aryl methyl sites for hydroxylation is 1. The molecule has 0 bridgehead atoms. The SMILES string of the molecule is CCOC(=O)c1csc2nc(C)cc(C3CC3)[n+]12.[O-][Cl+3]([O-])([O-])[O-]. The van der Waals surface area contributed by atoms with E-state index in [0.717, 1.165) is 10.7 Å². The van der Waals surface area contributed by atoms with Crippen LogP contribution in [0.25, 0.3) is 4.96 Å². The van der Waals surface area contributed by atoms with E-state index < -0.39 is 10.2 Å². The van der Waals surface area contributed by atoms with Gasteiger partial charge in [0, 0.05) is 18.9 Å². The Kier molecular flexibility index (Phi) is 5.50. The number of nitrogens with zero attached hydrogens (tertiary/aromatic N) is 2. The van der Waals surface area contributed by atoms with Crippen molar-refractivity contribution in [2.75, 3.05) is 6.61 Å². The first-order valence-electron chi connectivity index (χ1n) is 6.80. The smallest absolute Gasteiger partial charge is 0.388 e. The molecule has 0 aliphatic heterocycles. The summed E-state index contributed by atoms with van der Waals surface area (Å²) in [5.74, 6) is 0.309. The van der Waals surface area contributed by atoms with E-state index in [1.54, 1.807) is 0 Å². The quantitative estimate of drug-likeness (QED) is 0.434. The second kappa shape index (κ2) is 7.04. The van der Waals surface area contributed by atoms with Gasteiger partial charge in [0.2, 0.25) is 5.69 Å². The maximum absolute atomic E-state index is 11.9. The molecule has 126 valence electrons. The number of hydrogen-bond acceptors (Lipinski definition) is 8. The number of ether oxygens (including phenoxy) is 1. The number of thiazole rings is 1. The third-order valence-electron chi connectivity index (χ3n) is 3.08. The van der Waals surface area contributed by atoms with Crippen LogP contribution in [0.1, 0.15) is 47.6 Å². The fourth-order valence-corrected chi connectivity index (χ4v) is 3.05. The van der Waals surface area contributed by atoms with E-state index >= 15 is 0 Å². The lowest BCUT2D eigenvalue weighted by molar-refractivity contribution is -2.00. The molecule has 1 saturated carbocycles. The van der Waals surface area contributed by atoms with Crippen molar-refractivity contribution in [2.45, 2.75) is 32.6 Å². The van der Waals surface area contributed by atoms with E-state index in [2.05, 4.69) is 11.1 Å². The largest absolute Gasteiger partial charge is 0.460 e. The van der Waals surface area contributed by atoms with Crippen LogP contribution in [0.15, 0.2) is 11.4 Å². The monoisotopic (exact) mass is 362 g/mol. The number of carbonyl (C=O) groups is 1. The van der Waals surface area contributed by atoms with Crippen molar-refractivity contribution in [3.05, 3.63) is 28.5 Å². The highest BCUT2D eigenvalue weighted by Crippen LogP contribution is 2.38. The highest BCUT2D eigenvalue weighted by Gasteiger charge is 2.33. The maximum atomic E-state index is 11.9. The Morgan fingerprint density at radius 3 is 2.57 bits per heavy atom. The lowest BCUT2D eigenvalue weighted by atomic mass is 10.2. The van der Waals surface area contributed by atoms with Crippen molar-refractivity contribution in [2.24, 2.45) is 0 Å². The first kappa shape index (κ1) is 18.0. The summed E-state index contributed by atoms with van der Waals surface area (Å²) >= 11 is 1.49. The van der Waals surface area contributed by atoms with Gasteiger partial charge < -0.3 is 4.74 Å². The van der Waals surface area contributed by atoms with E-state index in [-0.39, 0.29) is 5.97 Å². The molecule has 0 spiro atoms. The molecule has 8 nitrogen and oxygen atoms in total. The van der Waals surface area contributed by atoms with Gasteiger partial charge in [0.25, 0.3) is 0 Å². The zero-order chi connectivity index (χ0) is 17.2. The zero-order valence-electron chi connectivity index (χ0n) is 12.5. The zero-order valence-corrected chi connectivity index (χ0v) is 14.1. The molecule has 2 aromatic rings. The third kappa shape index (κ3) is 5.06. The Hall–Kier alpha value is -1.36. The van der Waals surface area contributed by atoms with E-state index in [9.17, 15) is 4.79 Å². The molecular formula is C13H15ClN2O6S. The van der Waals surface area contributed by atoms with Gasteiger partial charge in [-0.1, -0.05) is 0 Å². The van der Waals surface area contributed by atoms with E-state index in [0.29, 0.717) is 18.2 Å². The van der Waals surface area contributed by atoms with Crippen LogP contribution in [0.4, 0.5) is 0 Å². The van der Waals surface area contributed by atoms with Gasteiger partial charge in [-0.2, -0.15) is 4.40 Å². The van der Waals surface area contributed by atoms with Crippen LogP contribution in [0.3, 0.4) is 0 Å². The molecular weight excluding hydrogens is 348 g/mol. The topological polar surface area (TPSA) is 136 Å². The van der Waals surface area contributed by atoms with Crippen molar-refractivity contribution < 1.29 is 42.8 Å². The maximum Gasteiger partial charge on any atom is 0.388 e. The number of hydrogen-bond donors (Lipinski definition) is 0. The average molecular weight is 363 g/mol. The normalized spacial score (nSPS) is 14.3. The van der Waals surface area contributed by atoms with Crippen LogP contribution < -0.4 is 23.0 Å². The van der Waals surface area contributed by atoms with E-state index in [1.807, 2.05) is 23.6 Å². The molecule has 1 fully saturated rings. The molecule has 0 radical (unpaired) electrons. The Labute approximate surface area is 138 Å². The highest BCUT2D eigenvalue weighted by atomic mass is 35.7. The number of carbonyl (C=O) groups excluding carboxylic acids is 1. The predicted octanol–water partition coefficient (Wildman–Crippen LogP) is -2.51. The van der Waals surface area contributed by atoms with Crippen molar-refractivity contribution in [3.8, 4) is 0 Å². The molecule has 0 aromatic carbocycles. The molecule has 0 atom stereocenters. The van der Waals surface area contributed by atoms with Gasteiger partial charge in [-0.25, -0.2) is 23.4 Å². The van der Waals surface area contributed by atoms with Crippen LogP contribution in [0.2, 0.25) is 0 Å². The van der Waals surface area contributed by atoms with Gasteiger partial charge in [-0.3, -0.25) is 0 Å². The summed E-state index contributed by atoms with van der Waals surface area (Å²) < 4.78 is 41.0. The summed E-state index contributed by atoms with van der Waals surface area (Å²) in [6, 6.07) is 2.08. The second-order valence-electron chi connectivity index (χ2n) is 4.93. The minimum atomic E-state index is -4.94. The van der Waals surface area contributed by atoms with Crippen LogP contribution >= 0.6 is 11.3 Å². The summed E-state index contributed by atoms with van der Waals surface area (Å²) in [4.78, 5) is 17.3. The van der Waals surface area contributed by atoms with Crippen LogP contribution in [0, 0.1) is 17.2 Å². The van der Waals surface area contributed by atoms with Crippen LogP contribution in [0.5, 0.6) is 0 Å². The molecule has 3 rings (SSSR count). The molecule has 1 aliphatic carbocycles. The molecule has 0 N–H and O–H groups in total. The van der Waals surface area contributed by atoms with Crippen LogP contribution in [-0.4, -0.2) is 17.6 Å². The Bertz CT molecular complexity index is 704. The average Bonchev–Trinajstić information content (AvgIpc) is 3.16. The molecule has 1 aliphatic rings. The van der Waals surface area contributed by atoms with Crippen molar-refractivity contribution in [1.29, 1.82) is 0 Å². The number of esters is 1. The van der Waals surface area contributed by atoms with E-state index in [4.69, 9.17) is 23.4 Å². The van der Waals surface area contributed by atoms with Crippen molar-refractivity contribution in [1.82, 2.24) is 4.98 Å². The lowest BCUT2D eigenvalue weighted by Crippen LogP contribution is -2.68. The summed E-state index contributed by atoms with van der Waals surface area (Å²) in [7, 11) is -4.94. The van der Waals surface area contributed by atoms with Crippen molar-refractivity contribution >= 4 is 22.3 Å². The number of aromatic nitrogens is 2. The molecule has 0 saturated heterocycles. The third-order valence-corrected chi connectivity index (χ3v) is 3.90. The first-order chi connectivity index (χ1) is 10.7. The summed E-state index contributed by atoms with van der Waals surface area (Å²) in [5.41, 5.74) is 2.81. The molecule has 0 unspecified atom stereocenters. The Morgan fingerprint density at radius 1 is 1.43 bits per heavy atom. The van der Waals surface area contributed by atoms with Crippen LogP contribution in [-0.2, 0) is 4.74 Å². The van der Waals surface area contributed by atoms with Crippen molar-refractivity contribution in [3.63, 3.8) is 0 Å². The molecule has 2 aromatic heterocycles. The van der Waals surface area contributed by atoms with E-state index in [1.165, 1.54) is 29.9 Å². The van der Waals surface area contributed by atoms with Gasteiger partial charge in [0.1, 0.15) is 5.69 Å². The Balaban J connectivity index is 0.000000338. The fourth-order valence-electron chi connectivity index (χ4n) is 2.13. The molecule has 10 heteroatoms. The minimum Gasteiger partial charge on any atom is -0.460 e. The second-order valence-corrected chi connectivity index (χ2v) is 6.53. The fraction of sp³-hybridized carbons (Fsp3) is 0.462. The van der Waals surface area contributed by atoms with Gasteiger partial charge in [0.05, 0.1) is 12.0 Å². The van der Waals surface area contributed by atoms with Gasteiger partial charge >= 0.3 is 10.9 Å².